The molecule has 1 N–H and O–H groups in total. The highest BCUT2D eigenvalue weighted by atomic mass is 15.2. The van der Waals surface area contributed by atoms with Crippen molar-refractivity contribution in [3.05, 3.63) is 35.9 Å². The van der Waals surface area contributed by atoms with Crippen molar-refractivity contribution in [3.8, 4) is 0 Å². The second kappa shape index (κ2) is 7.92. The van der Waals surface area contributed by atoms with E-state index in [0.29, 0.717) is 18.1 Å². The fourth-order valence-electron chi connectivity index (χ4n) is 3.67. The van der Waals surface area contributed by atoms with Gasteiger partial charge in [-0.2, -0.15) is 0 Å². The van der Waals surface area contributed by atoms with Crippen molar-refractivity contribution in [2.45, 2.75) is 44.3 Å². The van der Waals surface area contributed by atoms with E-state index in [-0.39, 0.29) is 0 Å². The zero-order chi connectivity index (χ0) is 15.2. The van der Waals surface area contributed by atoms with Crippen molar-refractivity contribution in [1.82, 2.24) is 15.1 Å². The molecular formula is C18H31N3. The second-order valence-corrected chi connectivity index (χ2v) is 6.35. The monoisotopic (exact) mass is 289 g/mol. The van der Waals surface area contributed by atoms with Gasteiger partial charge in [0.25, 0.3) is 0 Å². The molecule has 1 aliphatic heterocycles. The lowest BCUT2D eigenvalue weighted by Gasteiger charge is -2.42. The van der Waals surface area contributed by atoms with Crippen LogP contribution in [0.15, 0.2) is 30.3 Å². The Balaban J connectivity index is 2.09. The van der Waals surface area contributed by atoms with Gasteiger partial charge in [0.1, 0.15) is 0 Å². The molecule has 0 amide bonds. The van der Waals surface area contributed by atoms with Crippen molar-refractivity contribution in [1.29, 1.82) is 0 Å². The van der Waals surface area contributed by atoms with Crippen LogP contribution >= 0.6 is 0 Å². The van der Waals surface area contributed by atoms with Gasteiger partial charge in [-0.15, -0.1) is 0 Å². The molecule has 0 bridgehead atoms. The molecule has 0 spiro atoms. The Labute approximate surface area is 130 Å². The van der Waals surface area contributed by atoms with Gasteiger partial charge in [-0.25, -0.2) is 0 Å². The lowest BCUT2D eigenvalue weighted by atomic mass is 9.93. The Kier molecular flexibility index (Phi) is 6.22. The molecule has 3 heteroatoms. The fraction of sp³-hybridized carbons (Fsp3) is 0.667. The zero-order valence-corrected chi connectivity index (χ0v) is 14.0. The quantitative estimate of drug-likeness (QED) is 0.869. The van der Waals surface area contributed by atoms with Crippen LogP contribution in [0.1, 0.15) is 37.8 Å². The summed E-state index contributed by atoms with van der Waals surface area (Å²) in [7, 11) is 6.63. The van der Waals surface area contributed by atoms with Crippen LogP contribution in [-0.2, 0) is 0 Å². The molecule has 2 unspecified atom stereocenters. The molecule has 1 aliphatic rings. The van der Waals surface area contributed by atoms with Gasteiger partial charge in [-0.3, -0.25) is 4.90 Å². The van der Waals surface area contributed by atoms with Gasteiger partial charge in [-0.1, -0.05) is 37.3 Å². The van der Waals surface area contributed by atoms with Crippen molar-refractivity contribution < 1.29 is 0 Å². The minimum atomic E-state index is 0.404. The Morgan fingerprint density at radius 3 is 2.38 bits per heavy atom. The number of nitrogens with zero attached hydrogens (tertiary/aromatic N) is 2. The van der Waals surface area contributed by atoms with E-state index in [4.69, 9.17) is 0 Å². The molecule has 2 atom stereocenters. The van der Waals surface area contributed by atoms with Crippen molar-refractivity contribution >= 4 is 0 Å². The summed E-state index contributed by atoms with van der Waals surface area (Å²) >= 11 is 0. The van der Waals surface area contributed by atoms with E-state index in [0.717, 1.165) is 0 Å². The third kappa shape index (κ3) is 4.06. The Morgan fingerprint density at radius 1 is 1.24 bits per heavy atom. The number of likely N-dealkylation sites (N-methyl/N-ethyl adjacent to an activating group) is 2. The molecule has 3 nitrogen and oxygen atoms in total. The minimum absolute atomic E-state index is 0.404. The largest absolute Gasteiger partial charge is 0.312 e. The maximum absolute atomic E-state index is 3.55. The molecule has 1 fully saturated rings. The van der Waals surface area contributed by atoms with Gasteiger partial charge in [0.05, 0.1) is 0 Å². The van der Waals surface area contributed by atoms with E-state index < -0.39 is 0 Å². The summed E-state index contributed by atoms with van der Waals surface area (Å²) in [5.74, 6) is 0. The average Bonchev–Trinajstić information content (AvgIpc) is 2.53. The minimum Gasteiger partial charge on any atom is -0.312 e. The van der Waals surface area contributed by atoms with Crippen molar-refractivity contribution in [3.63, 3.8) is 0 Å². The molecule has 0 saturated carbocycles. The molecule has 1 saturated heterocycles. The highest BCUT2D eigenvalue weighted by Gasteiger charge is 2.30. The van der Waals surface area contributed by atoms with Gasteiger partial charge >= 0.3 is 0 Å². The summed E-state index contributed by atoms with van der Waals surface area (Å²) in [6, 6.07) is 12.5. The number of likely N-dealkylation sites (tertiary alicyclic amines) is 1. The first-order chi connectivity index (χ1) is 10.2. The van der Waals surface area contributed by atoms with Crippen LogP contribution in [0.2, 0.25) is 0 Å². The standard InChI is InChI=1S/C18H31N3/c1-5-17(18(19-2)15-9-7-6-8-10-15)21(4)16-11-13-20(3)14-12-16/h6-10,16-19H,5,11-14H2,1-4H3. The lowest BCUT2D eigenvalue weighted by Crippen LogP contribution is -2.50. The fourth-order valence-corrected chi connectivity index (χ4v) is 3.67. The van der Waals surface area contributed by atoms with E-state index in [1.807, 2.05) is 0 Å². The Bertz CT molecular complexity index is 398. The summed E-state index contributed by atoms with van der Waals surface area (Å²) in [6.07, 6.45) is 3.74. The molecular weight excluding hydrogens is 258 g/mol. The maximum Gasteiger partial charge on any atom is 0.0475 e. The molecule has 2 rings (SSSR count). The average molecular weight is 289 g/mol. The molecule has 0 aliphatic carbocycles. The first-order valence-electron chi connectivity index (χ1n) is 8.30. The second-order valence-electron chi connectivity index (χ2n) is 6.35. The van der Waals surface area contributed by atoms with E-state index in [1.54, 1.807) is 0 Å². The number of nitrogens with one attached hydrogen (secondary N) is 1. The zero-order valence-electron chi connectivity index (χ0n) is 14.0. The molecule has 1 aromatic rings. The molecule has 21 heavy (non-hydrogen) atoms. The van der Waals surface area contributed by atoms with E-state index in [2.05, 4.69) is 73.5 Å². The highest BCUT2D eigenvalue weighted by molar-refractivity contribution is 5.20. The predicted octanol–water partition coefficient (Wildman–Crippen LogP) is 2.75. The van der Waals surface area contributed by atoms with Crippen LogP contribution in [0.25, 0.3) is 0 Å². The number of benzene rings is 1. The topological polar surface area (TPSA) is 18.5 Å². The van der Waals surface area contributed by atoms with Crippen LogP contribution in [0, 0.1) is 0 Å². The lowest BCUT2D eigenvalue weighted by molar-refractivity contribution is 0.0865. The number of piperidine rings is 1. The van der Waals surface area contributed by atoms with Crippen molar-refractivity contribution in [2.75, 3.05) is 34.2 Å². The third-order valence-corrected chi connectivity index (χ3v) is 5.06. The van der Waals surface area contributed by atoms with Crippen molar-refractivity contribution in [2.24, 2.45) is 0 Å². The van der Waals surface area contributed by atoms with Crippen LogP contribution in [-0.4, -0.2) is 56.1 Å². The summed E-state index contributed by atoms with van der Waals surface area (Å²) in [6.45, 7) is 4.76. The predicted molar refractivity (Wildman–Crippen MR) is 90.6 cm³/mol. The molecule has 118 valence electrons. The molecule has 1 aromatic carbocycles. The van der Waals surface area contributed by atoms with Gasteiger partial charge in [0, 0.05) is 18.1 Å². The van der Waals surface area contributed by atoms with Crippen LogP contribution in [0.4, 0.5) is 0 Å². The summed E-state index contributed by atoms with van der Waals surface area (Å²) in [4.78, 5) is 5.07. The Morgan fingerprint density at radius 2 is 1.86 bits per heavy atom. The third-order valence-electron chi connectivity index (χ3n) is 5.06. The van der Waals surface area contributed by atoms with E-state index in [9.17, 15) is 0 Å². The molecule has 0 aromatic heterocycles. The number of hydrogen-bond acceptors (Lipinski definition) is 3. The van der Waals surface area contributed by atoms with Gasteiger partial charge in [-0.05, 0) is 59.1 Å². The maximum atomic E-state index is 3.55. The van der Waals surface area contributed by atoms with Gasteiger partial charge < -0.3 is 10.2 Å². The smallest absolute Gasteiger partial charge is 0.0475 e. The number of rotatable bonds is 6. The first kappa shape index (κ1) is 16.5. The molecule has 0 radical (unpaired) electrons. The van der Waals surface area contributed by atoms with Gasteiger partial charge in [0.15, 0.2) is 0 Å². The summed E-state index contributed by atoms with van der Waals surface area (Å²) < 4.78 is 0. The first-order valence-corrected chi connectivity index (χ1v) is 8.30. The van der Waals surface area contributed by atoms with Crippen LogP contribution in [0.5, 0.6) is 0 Å². The Hall–Kier alpha value is -0.900. The van der Waals surface area contributed by atoms with Crippen LogP contribution in [0.3, 0.4) is 0 Å². The summed E-state index contributed by atoms with van der Waals surface area (Å²) in [5, 5.41) is 3.55. The van der Waals surface area contributed by atoms with E-state index in [1.165, 1.54) is 37.9 Å². The number of hydrogen-bond donors (Lipinski definition) is 1. The normalized spacial score (nSPS) is 20.6. The molecule has 1 heterocycles. The highest BCUT2D eigenvalue weighted by Crippen LogP contribution is 2.26. The SMILES string of the molecule is CCC(C(NC)c1ccccc1)N(C)C1CCN(C)CC1. The summed E-state index contributed by atoms with van der Waals surface area (Å²) in [5.41, 5.74) is 1.40. The van der Waals surface area contributed by atoms with E-state index >= 15 is 0 Å². The van der Waals surface area contributed by atoms with Gasteiger partial charge in [0.2, 0.25) is 0 Å². The van der Waals surface area contributed by atoms with Crippen LogP contribution < -0.4 is 5.32 Å².